The van der Waals surface area contributed by atoms with Crippen molar-refractivity contribution >= 4 is 34.2 Å². The van der Waals surface area contributed by atoms with Crippen molar-refractivity contribution in [3.05, 3.63) is 169 Å². The quantitative estimate of drug-likeness (QED) is 0.110. The van der Waals surface area contributed by atoms with Crippen molar-refractivity contribution in [3.63, 3.8) is 0 Å². The Morgan fingerprint density at radius 2 is 0.976 bits per heavy atom. The van der Waals surface area contributed by atoms with Crippen LogP contribution in [0.25, 0.3) is 0 Å². The van der Waals surface area contributed by atoms with E-state index in [1.54, 1.807) is 26.0 Å². The van der Waals surface area contributed by atoms with Gasteiger partial charge in [-0.2, -0.15) is 0 Å². The van der Waals surface area contributed by atoms with Gasteiger partial charge in [0.25, 0.3) is 11.4 Å². The van der Waals surface area contributed by atoms with Crippen LogP contribution in [0.2, 0.25) is 0 Å². The summed E-state index contributed by atoms with van der Waals surface area (Å²) in [5, 5.41) is 22.5. The zero-order valence-electron chi connectivity index (χ0n) is 22.8. The van der Waals surface area contributed by atoms with Crippen molar-refractivity contribution in [2.24, 2.45) is 9.98 Å². The van der Waals surface area contributed by atoms with E-state index in [2.05, 4.69) is 0 Å². The first-order valence-electron chi connectivity index (χ1n) is 13.1. The summed E-state index contributed by atoms with van der Waals surface area (Å²) in [7, 11) is 0. The number of non-ortho nitro benzene ring substituents is 2. The van der Waals surface area contributed by atoms with Gasteiger partial charge in [0.1, 0.15) is 0 Å². The molecule has 0 atom stereocenters. The molecule has 0 spiro atoms. The number of hydrogen-bond donors (Lipinski definition) is 0. The van der Waals surface area contributed by atoms with Gasteiger partial charge in [-0.15, -0.1) is 0 Å². The predicted octanol–water partition coefficient (Wildman–Crippen LogP) is 7.85. The van der Waals surface area contributed by atoms with Gasteiger partial charge in [-0.1, -0.05) is 66.7 Å². The van der Waals surface area contributed by atoms with Gasteiger partial charge in [0.2, 0.25) is 0 Å². The molecule has 5 aromatic rings. The van der Waals surface area contributed by atoms with Crippen molar-refractivity contribution in [2.75, 3.05) is 0 Å². The highest BCUT2D eigenvalue weighted by Crippen LogP contribution is 2.28. The molecule has 0 unspecified atom stereocenters. The number of pyridine rings is 1. The third-order valence-corrected chi connectivity index (χ3v) is 6.58. The van der Waals surface area contributed by atoms with E-state index in [4.69, 9.17) is 15.0 Å². The van der Waals surface area contributed by atoms with E-state index in [1.807, 2.05) is 78.9 Å². The number of rotatable bonds is 8. The SMILES string of the molecule is Cc1cc([N+](=O)[O-])ccc1/N=C(\c1ccccc1)c1cccc(/C(=N/c2ccc([N+](=O)[O-])cc2C)c2ccccc2)n1. The van der Waals surface area contributed by atoms with Crippen LogP contribution in [0.1, 0.15) is 33.6 Å². The van der Waals surface area contributed by atoms with Crippen LogP contribution in [0.5, 0.6) is 0 Å². The smallest absolute Gasteiger partial charge is 0.258 e. The van der Waals surface area contributed by atoms with Crippen molar-refractivity contribution in [1.29, 1.82) is 0 Å². The molecule has 0 aliphatic carbocycles. The molecule has 0 amide bonds. The number of nitro benzene ring substituents is 2. The van der Waals surface area contributed by atoms with Gasteiger partial charge in [0, 0.05) is 35.4 Å². The molecule has 206 valence electrons. The maximum atomic E-state index is 11.3. The maximum Gasteiger partial charge on any atom is 0.269 e. The number of aromatic nitrogens is 1. The summed E-state index contributed by atoms with van der Waals surface area (Å²) < 4.78 is 0. The molecule has 1 aromatic heterocycles. The van der Waals surface area contributed by atoms with Crippen LogP contribution in [-0.4, -0.2) is 26.3 Å². The second-order valence-electron chi connectivity index (χ2n) is 9.52. The Bertz CT molecular complexity index is 1720. The molecule has 0 radical (unpaired) electrons. The van der Waals surface area contributed by atoms with Gasteiger partial charge in [-0.25, -0.2) is 15.0 Å². The summed E-state index contributed by atoms with van der Waals surface area (Å²) in [4.78, 5) is 36.5. The van der Waals surface area contributed by atoms with Gasteiger partial charge in [-0.3, -0.25) is 20.2 Å². The number of aryl methyl sites for hydroxylation is 2. The van der Waals surface area contributed by atoms with Gasteiger partial charge in [0.05, 0.1) is 44.0 Å². The Kier molecular flexibility index (Phi) is 8.01. The lowest BCUT2D eigenvalue weighted by Gasteiger charge is -2.12. The molecule has 0 fully saturated rings. The highest BCUT2D eigenvalue weighted by Gasteiger charge is 2.16. The minimum Gasteiger partial charge on any atom is -0.258 e. The van der Waals surface area contributed by atoms with E-state index in [0.29, 0.717) is 45.3 Å². The van der Waals surface area contributed by atoms with E-state index in [-0.39, 0.29) is 11.4 Å². The topological polar surface area (TPSA) is 124 Å². The van der Waals surface area contributed by atoms with Crippen LogP contribution in [0.15, 0.2) is 125 Å². The summed E-state index contributed by atoms with van der Waals surface area (Å²) in [6.45, 7) is 3.57. The van der Waals surface area contributed by atoms with Crippen molar-refractivity contribution in [1.82, 2.24) is 4.98 Å². The number of nitrogens with zero attached hydrogens (tertiary/aromatic N) is 5. The van der Waals surface area contributed by atoms with E-state index in [1.165, 1.54) is 24.3 Å². The van der Waals surface area contributed by atoms with Crippen molar-refractivity contribution in [3.8, 4) is 0 Å². The third kappa shape index (κ3) is 6.15. The Morgan fingerprint density at radius 3 is 1.33 bits per heavy atom. The molecule has 0 bridgehead atoms. The van der Waals surface area contributed by atoms with E-state index in [9.17, 15) is 20.2 Å². The Hall–Kier alpha value is -5.83. The highest BCUT2D eigenvalue weighted by atomic mass is 16.6. The van der Waals surface area contributed by atoms with Gasteiger partial charge in [0.15, 0.2) is 0 Å². The largest absolute Gasteiger partial charge is 0.269 e. The first-order chi connectivity index (χ1) is 20.3. The summed E-state index contributed by atoms with van der Waals surface area (Å²) in [5.74, 6) is 0. The van der Waals surface area contributed by atoms with Gasteiger partial charge in [-0.05, 0) is 49.2 Å². The van der Waals surface area contributed by atoms with Crippen LogP contribution in [0.3, 0.4) is 0 Å². The standard InChI is InChI=1S/C33H25N5O4/c1-22-20-26(37(39)40)16-18-28(22)35-32(24-10-5-3-6-11-24)30-14-9-15-31(34-30)33(25-12-7-4-8-13-25)36-29-19-17-27(38(41)42)21-23(29)2/h3-21H,1-2H3/b35-32+,36-33+. The monoisotopic (exact) mass is 555 g/mol. The molecule has 4 aromatic carbocycles. The minimum absolute atomic E-state index is 0.00177. The summed E-state index contributed by atoms with van der Waals surface area (Å²) in [6.07, 6.45) is 0. The molecule has 9 nitrogen and oxygen atoms in total. The highest BCUT2D eigenvalue weighted by molar-refractivity contribution is 6.16. The first kappa shape index (κ1) is 27.7. The average Bonchev–Trinajstić information content (AvgIpc) is 3.00. The van der Waals surface area contributed by atoms with Crippen LogP contribution in [-0.2, 0) is 0 Å². The van der Waals surface area contributed by atoms with Crippen molar-refractivity contribution in [2.45, 2.75) is 13.8 Å². The lowest BCUT2D eigenvalue weighted by atomic mass is 10.0. The fraction of sp³-hybridized carbons (Fsp3) is 0.0606. The molecule has 0 aliphatic heterocycles. The minimum atomic E-state index is -0.430. The zero-order chi connectivity index (χ0) is 29.6. The third-order valence-electron chi connectivity index (χ3n) is 6.58. The second kappa shape index (κ2) is 12.1. The molecule has 0 saturated carbocycles. The fourth-order valence-electron chi connectivity index (χ4n) is 4.43. The number of nitro groups is 2. The van der Waals surface area contributed by atoms with Crippen LogP contribution in [0.4, 0.5) is 22.7 Å². The van der Waals surface area contributed by atoms with Gasteiger partial charge < -0.3 is 0 Å². The molecule has 5 rings (SSSR count). The first-order valence-corrected chi connectivity index (χ1v) is 13.1. The number of benzene rings is 4. The van der Waals surface area contributed by atoms with E-state index in [0.717, 1.165) is 11.1 Å². The summed E-state index contributed by atoms with van der Waals surface area (Å²) in [6, 6.07) is 33.9. The number of aliphatic imine (C=N–C) groups is 2. The normalized spacial score (nSPS) is 11.8. The molecule has 0 N–H and O–H groups in total. The molecular formula is C33H25N5O4. The fourth-order valence-corrected chi connectivity index (χ4v) is 4.43. The Morgan fingerprint density at radius 1 is 0.571 bits per heavy atom. The van der Waals surface area contributed by atoms with E-state index >= 15 is 0 Å². The molecular weight excluding hydrogens is 530 g/mol. The maximum absolute atomic E-state index is 11.3. The molecule has 0 saturated heterocycles. The van der Waals surface area contributed by atoms with E-state index < -0.39 is 9.85 Å². The van der Waals surface area contributed by atoms with Crippen LogP contribution >= 0.6 is 0 Å². The second-order valence-corrected chi connectivity index (χ2v) is 9.52. The molecule has 42 heavy (non-hydrogen) atoms. The average molecular weight is 556 g/mol. The molecule has 9 heteroatoms. The molecule has 1 heterocycles. The van der Waals surface area contributed by atoms with Gasteiger partial charge >= 0.3 is 0 Å². The zero-order valence-corrected chi connectivity index (χ0v) is 22.8. The van der Waals surface area contributed by atoms with Crippen LogP contribution in [0, 0.1) is 34.1 Å². The summed E-state index contributed by atoms with van der Waals surface area (Å²) >= 11 is 0. The number of hydrogen-bond acceptors (Lipinski definition) is 7. The van der Waals surface area contributed by atoms with Crippen molar-refractivity contribution < 1.29 is 9.85 Å². The Labute approximate surface area is 241 Å². The lowest BCUT2D eigenvalue weighted by Crippen LogP contribution is -2.11. The Balaban J connectivity index is 1.67. The summed E-state index contributed by atoms with van der Waals surface area (Å²) in [5.41, 5.74) is 6.49. The van der Waals surface area contributed by atoms with Crippen LogP contribution < -0.4 is 0 Å². The molecule has 0 aliphatic rings. The predicted molar refractivity (Wildman–Crippen MR) is 163 cm³/mol. The lowest BCUT2D eigenvalue weighted by molar-refractivity contribution is -0.385.